The molecule has 0 amide bonds. The topological polar surface area (TPSA) is 26.3 Å². The second-order valence-corrected chi connectivity index (χ2v) is 6.73. The standard InChI is InChI=1S/C19H24F2O2/c1-2-3-4-7-12-10-11-15(19(21)23-12)16-17(20)13-8-5-6-9-14(13)18(16)22/h5-6,8-9,12,15-17,19H,2-4,7,10-11H2,1H3. The summed E-state index contributed by atoms with van der Waals surface area (Å²) < 4.78 is 34.6. The van der Waals surface area contributed by atoms with Gasteiger partial charge in [-0.1, -0.05) is 50.5 Å². The van der Waals surface area contributed by atoms with Crippen LogP contribution in [0.4, 0.5) is 8.78 Å². The number of unbranched alkanes of at least 4 members (excludes halogenated alkanes) is 2. The molecule has 1 fully saturated rings. The van der Waals surface area contributed by atoms with E-state index in [0.29, 0.717) is 24.0 Å². The number of benzene rings is 1. The molecule has 0 N–H and O–H groups in total. The van der Waals surface area contributed by atoms with Gasteiger partial charge in [-0.05, 0) is 24.8 Å². The van der Waals surface area contributed by atoms with Crippen molar-refractivity contribution in [1.82, 2.24) is 0 Å². The zero-order chi connectivity index (χ0) is 16.4. The van der Waals surface area contributed by atoms with Crippen LogP contribution in [0, 0.1) is 11.8 Å². The first-order valence-electron chi connectivity index (χ1n) is 8.70. The fourth-order valence-electron chi connectivity index (χ4n) is 3.92. The first kappa shape index (κ1) is 16.6. The number of rotatable bonds is 5. The van der Waals surface area contributed by atoms with Crippen molar-refractivity contribution >= 4 is 5.78 Å². The fourth-order valence-corrected chi connectivity index (χ4v) is 3.92. The maximum Gasteiger partial charge on any atom is 0.202 e. The van der Waals surface area contributed by atoms with E-state index in [1.54, 1.807) is 24.3 Å². The van der Waals surface area contributed by atoms with Gasteiger partial charge in [0.1, 0.15) is 6.17 Å². The molecule has 1 aromatic carbocycles. The molecule has 5 atom stereocenters. The van der Waals surface area contributed by atoms with E-state index in [4.69, 9.17) is 4.74 Å². The van der Waals surface area contributed by atoms with Gasteiger partial charge in [0.15, 0.2) is 5.78 Å². The van der Waals surface area contributed by atoms with Crippen LogP contribution in [0.5, 0.6) is 0 Å². The zero-order valence-corrected chi connectivity index (χ0v) is 13.5. The number of Topliss-reactive ketones (excluding diaryl/α,β-unsaturated/α-hetero) is 1. The Balaban J connectivity index is 1.66. The molecule has 0 spiro atoms. The average molecular weight is 322 g/mol. The summed E-state index contributed by atoms with van der Waals surface area (Å²) >= 11 is 0. The largest absolute Gasteiger partial charge is 0.345 e. The highest BCUT2D eigenvalue weighted by Crippen LogP contribution is 2.47. The monoisotopic (exact) mass is 322 g/mol. The quantitative estimate of drug-likeness (QED) is 0.698. The molecule has 1 heterocycles. The molecular weight excluding hydrogens is 298 g/mol. The summed E-state index contributed by atoms with van der Waals surface area (Å²) in [5, 5.41) is 0. The third kappa shape index (κ3) is 3.18. The van der Waals surface area contributed by atoms with Crippen molar-refractivity contribution < 1.29 is 18.3 Å². The van der Waals surface area contributed by atoms with Crippen LogP contribution >= 0.6 is 0 Å². The molecule has 1 saturated heterocycles. The molecule has 1 aliphatic carbocycles. The third-order valence-electron chi connectivity index (χ3n) is 5.21. The summed E-state index contributed by atoms with van der Waals surface area (Å²) in [5.41, 5.74) is 0.807. The van der Waals surface area contributed by atoms with E-state index >= 15 is 0 Å². The Morgan fingerprint density at radius 3 is 2.65 bits per heavy atom. The van der Waals surface area contributed by atoms with Crippen LogP contribution in [-0.4, -0.2) is 18.2 Å². The van der Waals surface area contributed by atoms with Gasteiger partial charge >= 0.3 is 0 Å². The van der Waals surface area contributed by atoms with Crippen LogP contribution in [0.1, 0.15) is 67.5 Å². The molecule has 23 heavy (non-hydrogen) atoms. The van der Waals surface area contributed by atoms with Crippen molar-refractivity contribution in [3.05, 3.63) is 35.4 Å². The minimum Gasteiger partial charge on any atom is -0.345 e. The van der Waals surface area contributed by atoms with Crippen molar-refractivity contribution in [1.29, 1.82) is 0 Å². The van der Waals surface area contributed by atoms with Crippen LogP contribution in [0.3, 0.4) is 0 Å². The van der Waals surface area contributed by atoms with Crippen LogP contribution in [0.15, 0.2) is 24.3 Å². The van der Waals surface area contributed by atoms with Gasteiger partial charge in [0, 0.05) is 11.5 Å². The number of hydrogen-bond donors (Lipinski definition) is 0. The number of carbonyl (C=O) groups excluding carboxylic acids is 1. The van der Waals surface area contributed by atoms with Gasteiger partial charge in [-0.2, -0.15) is 0 Å². The molecule has 2 nitrogen and oxygen atoms in total. The number of fused-ring (bicyclic) bond motifs is 1. The van der Waals surface area contributed by atoms with E-state index < -0.39 is 24.4 Å². The maximum absolute atomic E-state index is 14.7. The highest BCUT2D eigenvalue weighted by Gasteiger charge is 2.49. The summed E-state index contributed by atoms with van der Waals surface area (Å²) in [6.45, 7) is 2.13. The average Bonchev–Trinajstić information content (AvgIpc) is 2.80. The molecular formula is C19H24F2O2. The Kier molecular flexibility index (Phi) is 5.10. The van der Waals surface area contributed by atoms with E-state index in [0.717, 1.165) is 25.7 Å². The van der Waals surface area contributed by atoms with Crippen molar-refractivity contribution in [3.63, 3.8) is 0 Å². The van der Waals surface area contributed by atoms with Gasteiger partial charge in [0.25, 0.3) is 0 Å². The van der Waals surface area contributed by atoms with Crippen LogP contribution in [0.25, 0.3) is 0 Å². The van der Waals surface area contributed by atoms with Crippen LogP contribution in [-0.2, 0) is 4.74 Å². The van der Waals surface area contributed by atoms with E-state index in [1.165, 1.54) is 0 Å². The van der Waals surface area contributed by atoms with Crippen molar-refractivity contribution in [2.45, 2.75) is 64.1 Å². The lowest BCUT2D eigenvalue weighted by atomic mass is 9.81. The van der Waals surface area contributed by atoms with Crippen molar-refractivity contribution in [2.75, 3.05) is 0 Å². The minimum atomic E-state index is -1.54. The van der Waals surface area contributed by atoms with Crippen LogP contribution in [0.2, 0.25) is 0 Å². The Morgan fingerprint density at radius 2 is 1.96 bits per heavy atom. The number of carbonyl (C=O) groups is 1. The molecule has 0 aromatic heterocycles. The highest BCUT2D eigenvalue weighted by atomic mass is 19.1. The zero-order valence-electron chi connectivity index (χ0n) is 13.5. The highest BCUT2D eigenvalue weighted by molar-refractivity contribution is 6.03. The Labute approximate surface area is 136 Å². The smallest absolute Gasteiger partial charge is 0.202 e. The minimum absolute atomic E-state index is 0.0928. The van der Waals surface area contributed by atoms with Gasteiger partial charge in [-0.25, -0.2) is 8.78 Å². The molecule has 126 valence electrons. The summed E-state index contributed by atoms with van der Waals surface area (Å²) in [7, 11) is 0. The fraction of sp³-hybridized carbons (Fsp3) is 0.632. The Morgan fingerprint density at radius 1 is 1.17 bits per heavy atom. The predicted molar refractivity (Wildman–Crippen MR) is 84.7 cm³/mol. The van der Waals surface area contributed by atoms with E-state index in [1.807, 2.05) is 0 Å². The second kappa shape index (κ2) is 7.08. The summed E-state index contributed by atoms with van der Waals surface area (Å²) in [6, 6.07) is 6.70. The first-order valence-corrected chi connectivity index (χ1v) is 8.70. The number of halogens is 2. The lowest BCUT2D eigenvalue weighted by molar-refractivity contribution is -0.165. The van der Waals surface area contributed by atoms with Gasteiger partial charge in [-0.15, -0.1) is 0 Å². The number of alkyl halides is 2. The van der Waals surface area contributed by atoms with Crippen LogP contribution < -0.4 is 0 Å². The summed E-state index contributed by atoms with van der Waals surface area (Å²) in [5.74, 6) is -1.87. The lowest BCUT2D eigenvalue weighted by Gasteiger charge is -2.35. The molecule has 4 heteroatoms. The maximum atomic E-state index is 14.7. The SMILES string of the molecule is CCCCCC1CCC(C2C(=O)c3ccccc3C2F)C(F)O1. The predicted octanol–water partition coefficient (Wildman–Crippen LogP) is 5.18. The van der Waals surface area contributed by atoms with E-state index in [9.17, 15) is 13.6 Å². The molecule has 0 bridgehead atoms. The molecule has 2 aliphatic rings. The van der Waals surface area contributed by atoms with Gasteiger partial charge in [0.2, 0.25) is 6.36 Å². The Bertz CT molecular complexity index is 560. The van der Waals surface area contributed by atoms with Gasteiger partial charge in [-0.3, -0.25) is 4.79 Å². The van der Waals surface area contributed by atoms with Crippen molar-refractivity contribution in [2.24, 2.45) is 11.8 Å². The van der Waals surface area contributed by atoms with E-state index in [-0.39, 0.29) is 11.9 Å². The van der Waals surface area contributed by atoms with Crippen molar-refractivity contribution in [3.8, 4) is 0 Å². The molecule has 0 radical (unpaired) electrons. The Hall–Kier alpha value is -1.29. The molecule has 1 aliphatic heterocycles. The van der Waals surface area contributed by atoms with Gasteiger partial charge in [0.05, 0.1) is 12.0 Å². The molecule has 5 unspecified atom stereocenters. The summed E-state index contributed by atoms with van der Waals surface area (Å²) in [4.78, 5) is 12.5. The number of ketones is 1. The molecule has 1 aromatic rings. The lowest BCUT2D eigenvalue weighted by Crippen LogP contribution is -2.39. The normalized spacial score (nSPS) is 33.7. The molecule has 3 rings (SSSR count). The van der Waals surface area contributed by atoms with E-state index in [2.05, 4.69) is 6.92 Å². The number of hydrogen-bond acceptors (Lipinski definition) is 2. The molecule has 0 saturated carbocycles. The number of ether oxygens (including phenoxy) is 1. The van der Waals surface area contributed by atoms with Gasteiger partial charge < -0.3 is 4.74 Å². The third-order valence-corrected chi connectivity index (χ3v) is 5.21. The second-order valence-electron chi connectivity index (χ2n) is 6.73. The first-order chi connectivity index (χ1) is 11.1. The summed E-state index contributed by atoms with van der Waals surface area (Å²) in [6.07, 6.45) is 2.28.